The summed E-state index contributed by atoms with van der Waals surface area (Å²) in [4.78, 5) is 21.1. The van der Waals surface area contributed by atoms with E-state index in [0.717, 1.165) is 43.2 Å². The summed E-state index contributed by atoms with van der Waals surface area (Å²) in [6, 6.07) is 3.93. The summed E-state index contributed by atoms with van der Waals surface area (Å²) in [5.41, 5.74) is -0.871. The van der Waals surface area contributed by atoms with Crippen LogP contribution >= 0.6 is 0 Å². The lowest BCUT2D eigenvalue weighted by molar-refractivity contribution is -0.284. The molecule has 4 saturated carbocycles. The molecule has 0 aromatic carbocycles. The predicted molar refractivity (Wildman–Crippen MR) is 169 cm³/mol. The summed E-state index contributed by atoms with van der Waals surface area (Å²) in [7, 11) is 1.60. The number of methoxy groups -OCH3 is 1. The van der Waals surface area contributed by atoms with Gasteiger partial charge in [-0.25, -0.2) is 4.79 Å². The normalized spacial score (nSPS) is 47.2. The SMILES string of the molecule is COC1CC(OC2CC[C@]3(C=NCc4ccncc4)[C@H]4CC[C@]5(C)[C@H](C6=CC(=O)OC6)CCC5(O)C4CCC3(O)C2)OC(C)C1O. The number of fused-ring (bicyclic) bond motifs is 5. The number of aliphatic hydroxyl groups is 3. The second-order valence-electron chi connectivity index (χ2n) is 15.2. The summed E-state index contributed by atoms with van der Waals surface area (Å²) < 4.78 is 23.4. The van der Waals surface area contributed by atoms with Crippen LogP contribution in [-0.4, -0.2) is 88.1 Å². The maximum absolute atomic E-state index is 12.8. The van der Waals surface area contributed by atoms with Gasteiger partial charge in [0.25, 0.3) is 0 Å². The van der Waals surface area contributed by atoms with Crippen LogP contribution in [0.3, 0.4) is 0 Å². The van der Waals surface area contributed by atoms with Gasteiger partial charge in [0.05, 0.1) is 36.1 Å². The van der Waals surface area contributed by atoms with E-state index in [0.29, 0.717) is 45.3 Å². The first-order valence-electron chi connectivity index (χ1n) is 17.3. The molecule has 8 unspecified atom stereocenters. The second-order valence-corrected chi connectivity index (χ2v) is 15.2. The lowest BCUT2D eigenvalue weighted by Gasteiger charge is -2.66. The van der Waals surface area contributed by atoms with Gasteiger partial charge in [-0.15, -0.1) is 0 Å². The molecule has 3 heterocycles. The van der Waals surface area contributed by atoms with Crippen molar-refractivity contribution in [3.05, 3.63) is 41.7 Å². The number of carbonyl (C=O) groups excluding carboxylic acids is 1. The Labute approximate surface area is 271 Å². The van der Waals surface area contributed by atoms with Crippen molar-refractivity contribution in [2.75, 3.05) is 13.7 Å². The molecule has 4 aliphatic carbocycles. The summed E-state index contributed by atoms with van der Waals surface area (Å²) in [5, 5.41) is 36.0. The number of aliphatic hydroxyl groups excluding tert-OH is 1. The molecular weight excluding hydrogens is 588 g/mol. The molecule has 10 nitrogen and oxygen atoms in total. The van der Waals surface area contributed by atoms with Crippen molar-refractivity contribution < 1.29 is 39.1 Å². The first kappa shape index (κ1) is 32.3. The Morgan fingerprint density at radius 1 is 1.09 bits per heavy atom. The number of cyclic esters (lactones) is 1. The third-order valence-electron chi connectivity index (χ3n) is 13.3. The number of aromatic nitrogens is 1. The monoisotopic (exact) mass is 638 g/mol. The lowest BCUT2D eigenvalue weighted by atomic mass is 9.41. The number of hydrogen-bond donors (Lipinski definition) is 3. The molecule has 7 rings (SSSR count). The van der Waals surface area contributed by atoms with E-state index in [2.05, 4.69) is 18.1 Å². The number of carbonyl (C=O) groups is 1. The fourth-order valence-electron chi connectivity index (χ4n) is 10.8. The molecule has 12 atom stereocenters. The van der Waals surface area contributed by atoms with Crippen LogP contribution in [0.4, 0.5) is 0 Å². The van der Waals surface area contributed by atoms with E-state index in [-0.39, 0.29) is 41.3 Å². The molecule has 6 aliphatic rings. The van der Waals surface area contributed by atoms with E-state index in [1.165, 1.54) is 0 Å². The number of aliphatic imine (C=N–C) groups is 1. The van der Waals surface area contributed by atoms with E-state index >= 15 is 0 Å². The van der Waals surface area contributed by atoms with E-state index in [9.17, 15) is 20.1 Å². The lowest BCUT2D eigenvalue weighted by Crippen LogP contribution is -2.69. The molecule has 0 amide bonds. The van der Waals surface area contributed by atoms with Crippen LogP contribution in [0, 0.1) is 28.6 Å². The number of nitrogens with zero attached hydrogens (tertiary/aromatic N) is 2. The van der Waals surface area contributed by atoms with Gasteiger partial charge in [-0.1, -0.05) is 6.92 Å². The van der Waals surface area contributed by atoms with Gasteiger partial charge in [-0.3, -0.25) is 9.98 Å². The maximum atomic E-state index is 12.8. The molecule has 1 aromatic rings. The molecule has 1 aromatic heterocycles. The highest BCUT2D eigenvalue weighted by atomic mass is 16.7. The van der Waals surface area contributed by atoms with Crippen LogP contribution in [0.5, 0.6) is 0 Å². The van der Waals surface area contributed by atoms with Gasteiger partial charge < -0.3 is 34.3 Å². The topological polar surface area (TPSA) is 140 Å². The molecule has 0 bridgehead atoms. The van der Waals surface area contributed by atoms with Gasteiger partial charge in [0.2, 0.25) is 0 Å². The van der Waals surface area contributed by atoms with Crippen molar-refractivity contribution in [1.82, 2.24) is 4.98 Å². The molecule has 1 saturated heterocycles. The van der Waals surface area contributed by atoms with Crippen LogP contribution in [0.25, 0.3) is 0 Å². The highest BCUT2D eigenvalue weighted by molar-refractivity contribution is 5.85. The second kappa shape index (κ2) is 12.0. The summed E-state index contributed by atoms with van der Waals surface area (Å²) in [5.74, 6) is -0.111. The third kappa shape index (κ3) is 5.10. The zero-order valence-electron chi connectivity index (χ0n) is 27.3. The molecule has 46 heavy (non-hydrogen) atoms. The zero-order chi connectivity index (χ0) is 32.3. The molecule has 5 fully saturated rings. The van der Waals surface area contributed by atoms with Gasteiger partial charge >= 0.3 is 5.97 Å². The maximum Gasteiger partial charge on any atom is 0.331 e. The van der Waals surface area contributed by atoms with Crippen molar-refractivity contribution in [1.29, 1.82) is 0 Å². The van der Waals surface area contributed by atoms with Crippen LogP contribution in [-0.2, 0) is 30.3 Å². The minimum absolute atomic E-state index is 0.00599. The summed E-state index contributed by atoms with van der Waals surface area (Å²) in [6.45, 7) is 4.87. The third-order valence-corrected chi connectivity index (χ3v) is 13.3. The summed E-state index contributed by atoms with van der Waals surface area (Å²) in [6.07, 6.45) is 11.8. The molecule has 0 spiro atoms. The van der Waals surface area contributed by atoms with Crippen LogP contribution in [0.15, 0.2) is 41.2 Å². The molecule has 10 heteroatoms. The average molecular weight is 639 g/mol. The van der Waals surface area contributed by atoms with E-state index < -0.39 is 35.1 Å². The highest BCUT2D eigenvalue weighted by Crippen LogP contribution is 2.70. The number of pyridine rings is 1. The largest absolute Gasteiger partial charge is 0.458 e. The highest BCUT2D eigenvalue weighted by Gasteiger charge is 2.71. The number of ether oxygens (including phenoxy) is 4. The molecule has 252 valence electrons. The van der Waals surface area contributed by atoms with Gasteiger partial charge in [0, 0.05) is 55.5 Å². The van der Waals surface area contributed by atoms with Crippen molar-refractivity contribution in [2.45, 2.75) is 127 Å². The van der Waals surface area contributed by atoms with E-state index in [4.69, 9.17) is 23.9 Å². The van der Waals surface area contributed by atoms with E-state index in [1.54, 1.807) is 25.6 Å². The Morgan fingerprint density at radius 3 is 2.61 bits per heavy atom. The minimum Gasteiger partial charge on any atom is -0.458 e. The van der Waals surface area contributed by atoms with Crippen LogP contribution < -0.4 is 0 Å². The van der Waals surface area contributed by atoms with Crippen molar-refractivity contribution in [3.63, 3.8) is 0 Å². The Morgan fingerprint density at radius 2 is 1.87 bits per heavy atom. The number of rotatable bonds is 7. The standard InChI is InChI=1S/C36H50N2O8/c1-22-32(40)29(43-3)17-31(45-22)46-25-4-11-34(21-38-19-23-8-14-37-15-9-23)27-5-10-33(2)26(24-16-30(39)44-20-24)7-13-36(33,42)28(27)6-12-35(34,41)18-25/h8-9,14-16,21-22,25-29,31-32,40-42H,4-7,10-13,17-20H2,1-3H3/t22?,25?,26-,27-,28?,29?,31?,32?,33+,34-,35?,36?/m0/s1. The Balaban J connectivity index is 1.17. The quantitative estimate of drug-likeness (QED) is 0.231. The smallest absolute Gasteiger partial charge is 0.331 e. The Hall–Kier alpha value is -2.21. The van der Waals surface area contributed by atoms with Gasteiger partial charge in [-0.05, 0) is 99.3 Å². The van der Waals surface area contributed by atoms with Gasteiger partial charge in [0.1, 0.15) is 12.7 Å². The molecular formula is C36H50N2O8. The fourth-order valence-corrected chi connectivity index (χ4v) is 10.8. The average Bonchev–Trinajstić information content (AvgIpc) is 3.58. The van der Waals surface area contributed by atoms with E-state index in [1.807, 2.05) is 19.1 Å². The van der Waals surface area contributed by atoms with Crippen molar-refractivity contribution in [2.24, 2.45) is 33.6 Å². The molecule has 3 N–H and O–H groups in total. The summed E-state index contributed by atoms with van der Waals surface area (Å²) >= 11 is 0. The number of esters is 1. The molecule has 2 aliphatic heterocycles. The predicted octanol–water partition coefficient (Wildman–Crippen LogP) is 3.90. The Kier molecular flexibility index (Phi) is 8.46. The van der Waals surface area contributed by atoms with Gasteiger partial charge in [0.15, 0.2) is 6.29 Å². The first-order valence-corrected chi connectivity index (χ1v) is 17.3. The Bertz CT molecular complexity index is 1360. The molecule has 0 radical (unpaired) electrons. The van der Waals surface area contributed by atoms with Crippen LogP contribution in [0.2, 0.25) is 0 Å². The minimum atomic E-state index is -1.06. The number of hydrogen-bond acceptors (Lipinski definition) is 10. The van der Waals surface area contributed by atoms with Crippen molar-refractivity contribution in [3.8, 4) is 0 Å². The van der Waals surface area contributed by atoms with Crippen molar-refractivity contribution >= 4 is 12.2 Å². The van der Waals surface area contributed by atoms with Crippen LogP contribution in [0.1, 0.15) is 83.6 Å². The van der Waals surface area contributed by atoms with Gasteiger partial charge in [-0.2, -0.15) is 0 Å². The zero-order valence-corrected chi connectivity index (χ0v) is 27.3. The first-order chi connectivity index (χ1) is 22.0. The fraction of sp³-hybridized carbons (Fsp3) is 0.750.